The van der Waals surface area contributed by atoms with E-state index in [9.17, 15) is 9.90 Å². The van der Waals surface area contributed by atoms with E-state index in [4.69, 9.17) is 0 Å². The molecule has 0 aliphatic heterocycles. The molecular weight excluding hydrogens is 264 g/mol. The van der Waals surface area contributed by atoms with Crippen LogP contribution >= 0.6 is 0 Å². The average Bonchev–Trinajstić information content (AvgIpc) is 3.10. The van der Waals surface area contributed by atoms with Gasteiger partial charge in [-0.2, -0.15) is 0 Å². The van der Waals surface area contributed by atoms with Gasteiger partial charge in [0, 0.05) is 12.2 Å². The van der Waals surface area contributed by atoms with Crippen molar-refractivity contribution in [3.8, 4) is 0 Å². The summed E-state index contributed by atoms with van der Waals surface area (Å²) in [6.45, 7) is 0. The quantitative estimate of drug-likeness (QED) is 0.895. The molecule has 2 bridgehead atoms. The van der Waals surface area contributed by atoms with Crippen LogP contribution in [0.4, 0.5) is 5.82 Å². The van der Waals surface area contributed by atoms with Crippen LogP contribution in [-0.4, -0.2) is 22.1 Å². The number of nitrogens with one attached hydrogen (secondary N) is 1. The number of carboxylic acids is 1. The molecular formula is C17H22N2O2. The molecule has 4 heteroatoms. The van der Waals surface area contributed by atoms with Gasteiger partial charge < -0.3 is 10.4 Å². The van der Waals surface area contributed by atoms with Crippen LogP contribution < -0.4 is 5.32 Å². The molecule has 0 amide bonds. The van der Waals surface area contributed by atoms with E-state index in [-0.39, 0.29) is 0 Å². The van der Waals surface area contributed by atoms with Crippen LogP contribution in [0.5, 0.6) is 0 Å². The SMILES string of the molecule is O=C(O)c1cnc(N[C@@H]2C[C@H]3CC[C@@H]2C3)c2c1CCCC2. The van der Waals surface area contributed by atoms with Gasteiger partial charge in [-0.25, -0.2) is 9.78 Å². The molecule has 4 nitrogen and oxygen atoms in total. The highest BCUT2D eigenvalue weighted by atomic mass is 16.4. The molecule has 3 aliphatic carbocycles. The lowest BCUT2D eigenvalue weighted by atomic mass is 9.88. The number of anilines is 1. The Morgan fingerprint density at radius 1 is 1.19 bits per heavy atom. The predicted molar refractivity (Wildman–Crippen MR) is 80.7 cm³/mol. The molecule has 1 aromatic rings. The number of aromatic nitrogens is 1. The van der Waals surface area contributed by atoms with E-state index in [0.717, 1.165) is 48.9 Å². The summed E-state index contributed by atoms with van der Waals surface area (Å²) in [6, 6.07) is 0.554. The Labute approximate surface area is 125 Å². The van der Waals surface area contributed by atoms with E-state index >= 15 is 0 Å². The zero-order valence-electron chi connectivity index (χ0n) is 12.3. The first-order valence-corrected chi connectivity index (χ1v) is 8.23. The standard InChI is InChI=1S/C17H22N2O2/c20-17(21)14-9-18-16(13-4-2-1-3-12(13)14)19-15-8-10-5-6-11(15)7-10/h9-11,15H,1-8H2,(H,18,19)(H,20,21)/t10-,11+,15+/m0/s1. The molecule has 0 spiro atoms. The monoisotopic (exact) mass is 286 g/mol. The summed E-state index contributed by atoms with van der Waals surface area (Å²) in [5.74, 6) is 1.83. The number of hydrogen-bond acceptors (Lipinski definition) is 3. The highest BCUT2D eigenvalue weighted by molar-refractivity contribution is 5.90. The van der Waals surface area contributed by atoms with Crippen molar-refractivity contribution in [1.29, 1.82) is 0 Å². The van der Waals surface area contributed by atoms with Gasteiger partial charge in [0.15, 0.2) is 0 Å². The van der Waals surface area contributed by atoms with Crippen molar-refractivity contribution >= 4 is 11.8 Å². The first kappa shape index (κ1) is 13.1. The van der Waals surface area contributed by atoms with Crippen molar-refractivity contribution in [1.82, 2.24) is 4.98 Å². The molecule has 1 aromatic heterocycles. The normalized spacial score (nSPS) is 30.2. The minimum atomic E-state index is -0.841. The molecule has 0 unspecified atom stereocenters. The number of pyridine rings is 1. The maximum Gasteiger partial charge on any atom is 0.337 e. The van der Waals surface area contributed by atoms with Gasteiger partial charge in [0.05, 0.1) is 5.56 Å². The van der Waals surface area contributed by atoms with E-state index in [2.05, 4.69) is 10.3 Å². The maximum atomic E-state index is 11.4. The van der Waals surface area contributed by atoms with E-state index in [1.54, 1.807) is 6.20 Å². The molecule has 2 N–H and O–H groups in total. The summed E-state index contributed by atoms with van der Waals surface area (Å²) < 4.78 is 0. The Hall–Kier alpha value is -1.58. The fourth-order valence-corrected chi connectivity index (χ4v) is 4.65. The maximum absolute atomic E-state index is 11.4. The van der Waals surface area contributed by atoms with Crippen molar-refractivity contribution in [3.05, 3.63) is 22.9 Å². The van der Waals surface area contributed by atoms with Gasteiger partial charge in [0.2, 0.25) is 0 Å². The lowest BCUT2D eigenvalue weighted by molar-refractivity contribution is 0.0695. The van der Waals surface area contributed by atoms with Crippen molar-refractivity contribution in [3.63, 3.8) is 0 Å². The smallest absolute Gasteiger partial charge is 0.337 e. The van der Waals surface area contributed by atoms with E-state index in [0.29, 0.717) is 11.6 Å². The molecule has 3 aliphatic rings. The fourth-order valence-electron chi connectivity index (χ4n) is 4.65. The lowest BCUT2D eigenvalue weighted by Crippen LogP contribution is -2.28. The molecule has 2 saturated carbocycles. The topological polar surface area (TPSA) is 62.2 Å². The highest BCUT2D eigenvalue weighted by Crippen LogP contribution is 2.46. The second kappa shape index (κ2) is 5.00. The predicted octanol–water partition coefficient (Wildman–Crippen LogP) is 3.26. The van der Waals surface area contributed by atoms with E-state index < -0.39 is 5.97 Å². The molecule has 2 fully saturated rings. The van der Waals surface area contributed by atoms with Gasteiger partial charge in [0.1, 0.15) is 5.82 Å². The molecule has 1 heterocycles. The summed E-state index contributed by atoms with van der Waals surface area (Å²) in [6.07, 6.45) is 11.0. The van der Waals surface area contributed by atoms with Crippen LogP contribution in [0.25, 0.3) is 0 Å². The molecule has 0 saturated heterocycles. The number of nitrogens with zero attached hydrogens (tertiary/aromatic N) is 1. The summed E-state index contributed by atoms with van der Waals surface area (Å²) in [7, 11) is 0. The number of carboxylic acid groups (broad SMARTS) is 1. The van der Waals surface area contributed by atoms with Crippen LogP contribution in [0.15, 0.2) is 6.20 Å². The first-order chi connectivity index (χ1) is 10.2. The summed E-state index contributed by atoms with van der Waals surface area (Å²) in [5.41, 5.74) is 2.60. The lowest BCUT2D eigenvalue weighted by Gasteiger charge is -2.27. The van der Waals surface area contributed by atoms with Crippen molar-refractivity contribution in [2.45, 2.75) is 57.4 Å². The Balaban J connectivity index is 1.64. The Morgan fingerprint density at radius 2 is 2.00 bits per heavy atom. The highest BCUT2D eigenvalue weighted by Gasteiger charge is 2.40. The van der Waals surface area contributed by atoms with Gasteiger partial charge in [0.25, 0.3) is 0 Å². The zero-order valence-corrected chi connectivity index (χ0v) is 12.3. The third-order valence-electron chi connectivity index (χ3n) is 5.69. The molecule has 112 valence electrons. The second-order valence-corrected chi connectivity index (χ2v) is 6.92. The van der Waals surface area contributed by atoms with E-state index in [1.165, 1.54) is 31.2 Å². The van der Waals surface area contributed by atoms with E-state index in [1.807, 2.05) is 0 Å². The van der Waals surface area contributed by atoms with Crippen LogP contribution in [0.2, 0.25) is 0 Å². The van der Waals surface area contributed by atoms with Gasteiger partial charge in [-0.15, -0.1) is 0 Å². The molecule has 0 radical (unpaired) electrons. The van der Waals surface area contributed by atoms with Gasteiger partial charge >= 0.3 is 5.97 Å². The van der Waals surface area contributed by atoms with Gasteiger partial charge in [-0.05, 0) is 67.9 Å². The molecule has 21 heavy (non-hydrogen) atoms. The third kappa shape index (κ3) is 2.21. The van der Waals surface area contributed by atoms with Crippen LogP contribution in [0.3, 0.4) is 0 Å². The zero-order chi connectivity index (χ0) is 14.4. The van der Waals surface area contributed by atoms with Crippen LogP contribution in [0, 0.1) is 11.8 Å². The largest absolute Gasteiger partial charge is 0.478 e. The minimum Gasteiger partial charge on any atom is -0.478 e. The summed E-state index contributed by atoms with van der Waals surface area (Å²) in [5, 5.41) is 13.0. The Kier molecular flexibility index (Phi) is 3.12. The third-order valence-corrected chi connectivity index (χ3v) is 5.69. The number of hydrogen-bond donors (Lipinski definition) is 2. The first-order valence-electron chi connectivity index (χ1n) is 8.23. The fraction of sp³-hybridized carbons (Fsp3) is 0.647. The average molecular weight is 286 g/mol. The minimum absolute atomic E-state index is 0.406. The number of fused-ring (bicyclic) bond motifs is 3. The van der Waals surface area contributed by atoms with Crippen molar-refractivity contribution in [2.24, 2.45) is 11.8 Å². The molecule has 4 rings (SSSR count). The number of rotatable bonds is 3. The Bertz CT molecular complexity index is 584. The Morgan fingerprint density at radius 3 is 2.67 bits per heavy atom. The van der Waals surface area contributed by atoms with Crippen molar-refractivity contribution in [2.75, 3.05) is 5.32 Å². The number of carbonyl (C=O) groups is 1. The summed E-state index contributed by atoms with van der Waals surface area (Å²) in [4.78, 5) is 15.8. The van der Waals surface area contributed by atoms with Crippen molar-refractivity contribution < 1.29 is 9.90 Å². The molecule has 3 atom stereocenters. The second-order valence-electron chi connectivity index (χ2n) is 6.92. The summed E-state index contributed by atoms with van der Waals surface area (Å²) >= 11 is 0. The van der Waals surface area contributed by atoms with Gasteiger partial charge in [-0.3, -0.25) is 0 Å². The number of aromatic carboxylic acids is 1. The molecule has 0 aromatic carbocycles. The van der Waals surface area contributed by atoms with Crippen LogP contribution in [-0.2, 0) is 12.8 Å². The van der Waals surface area contributed by atoms with Crippen LogP contribution in [0.1, 0.15) is 60.0 Å². The van der Waals surface area contributed by atoms with Gasteiger partial charge in [-0.1, -0.05) is 6.42 Å².